The first kappa shape index (κ1) is 25.6. The molecule has 174 valence electrons. The van der Waals surface area contributed by atoms with E-state index in [1.807, 2.05) is 95.5 Å². The zero-order chi connectivity index (χ0) is 23.9. The summed E-state index contributed by atoms with van der Waals surface area (Å²) in [7, 11) is 7.68. The standard InChI is InChI=1S/C26H38N4O2/c1-7-29(5)24(31)18-20-8-10-21(11-9-20)19-26(2,28(3)4)25(32)22-12-14-23(15-13-22)30(6)17-16-27/h8-15H,7,16-19,27H2,1-6H3. The van der Waals surface area contributed by atoms with Crippen LogP contribution in [0.25, 0.3) is 0 Å². The second-order valence-electron chi connectivity index (χ2n) is 8.83. The second-order valence-corrected chi connectivity index (χ2v) is 8.83. The lowest BCUT2D eigenvalue weighted by Crippen LogP contribution is -2.50. The maximum Gasteiger partial charge on any atom is 0.226 e. The van der Waals surface area contributed by atoms with Crippen LogP contribution >= 0.6 is 0 Å². The number of nitrogens with two attached hydrogens (primary N) is 1. The highest BCUT2D eigenvalue weighted by molar-refractivity contribution is 6.03. The van der Waals surface area contributed by atoms with Crippen molar-refractivity contribution < 1.29 is 9.59 Å². The summed E-state index contributed by atoms with van der Waals surface area (Å²) in [5, 5.41) is 0. The predicted molar refractivity (Wildman–Crippen MR) is 132 cm³/mol. The summed E-state index contributed by atoms with van der Waals surface area (Å²) in [6.45, 7) is 5.99. The van der Waals surface area contributed by atoms with Crippen LogP contribution in [0.3, 0.4) is 0 Å². The van der Waals surface area contributed by atoms with Gasteiger partial charge < -0.3 is 15.5 Å². The number of carbonyl (C=O) groups excluding carboxylic acids is 2. The first-order chi connectivity index (χ1) is 15.1. The third-order valence-electron chi connectivity index (χ3n) is 6.34. The van der Waals surface area contributed by atoms with Gasteiger partial charge in [-0.25, -0.2) is 0 Å². The molecule has 0 aliphatic rings. The van der Waals surface area contributed by atoms with Crippen LogP contribution in [0, 0.1) is 0 Å². The molecule has 0 aliphatic carbocycles. The van der Waals surface area contributed by atoms with Gasteiger partial charge in [-0.15, -0.1) is 0 Å². The number of anilines is 1. The molecular weight excluding hydrogens is 400 g/mol. The summed E-state index contributed by atoms with van der Waals surface area (Å²) in [6.07, 6.45) is 0.968. The number of amides is 1. The minimum atomic E-state index is -0.690. The van der Waals surface area contributed by atoms with Crippen molar-refractivity contribution in [1.29, 1.82) is 0 Å². The van der Waals surface area contributed by atoms with Gasteiger partial charge in [0.15, 0.2) is 5.78 Å². The molecule has 0 fully saturated rings. The number of rotatable bonds is 11. The highest BCUT2D eigenvalue weighted by atomic mass is 16.2. The topological polar surface area (TPSA) is 69.9 Å². The van der Waals surface area contributed by atoms with Crippen molar-refractivity contribution in [2.75, 3.05) is 52.7 Å². The van der Waals surface area contributed by atoms with Crippen LogP contribution in [0.4, 0.5) is 5.69 Å². The third-order valence-corrected chi connectivity index (χ3v) is 6.34. The third kappa shape index (κ3) is 6.17. The first-order valence-electron chi connectivity index (χ1n) is 11.2. The van der Waals surface area contributed by atoms with Crippen LogP contribution in [0.2, 0.25) is 0 Å². The van der Waals surface area contributed by atoms with E-state index < -0.39 is 5.54 Å². The summed E-state index contributed by atoms with van der Waals surface area (Å²) >= 11 is 0. The van der Waals surface area contributed by atoms with Crippen molar-refractivity contribution in [2.24, 2.45) is 5.73 Å². The van der Waals surface area contributed by atoms with Crippen molar-refractivity contribution in [3.05, 3.63) is 65.2 Å². The molecule has 0 aromatic heterocycles. The molecule has 0 radical (unpaired) electrons. The van der Waals surface area contributed by atoms with E-state index in [0.717, 1.165) is 23.4 Å². The number of hydrogen-bond acceptors (Lipinski definition) is 5. The Balaban J connectivity index is 2.17. The Bertz CT molecular complexity index is 893. The lowest BCUT2D eigenvalue weighted by Gasteiger charge is -2.35. The molecule has 0 saturated carbocycles. The zero-order valence-corrected chi connectivity index (χ0v) is 20.4. The maximum atomic E-state index is 13.5. The van der Waals surface area contributed by atoms with E-state index in [4.69, 9.17) is 5.73 Å². The molecule has 6 nitrogen and oxygen atoms in total. The zero-order valence-electron chi connectivity index (χ0n) is 20.4. The molecule has 2 aromatic rings. The molecule has 0 aliphatic heterocycles. The van der Waals surface area contributed by atoms with Crippen molar-refractivity contribution in [2.45, 2.75) is 32.2 Å². The number of nitrogens with zero attached hydrogens (tertiary/aromatic N) is 3. The minimum absolute atomic E-state index is 0.0827. The Morgan fingerprint density at radius 3 is 1.97 bits per heavy atom. The van der Waals surface area contributed by atoms with Gasteiger partial charge in [-0.1, -0.05) is 24.3 Å². The monoisotopic (exact) mass is 438 g/mol. The summed E-state index contributed by atoms with van der Waals surface area (Å²) in [6, 6.07) is 15.7. The van der Waals surface area contributed by atoms with Gasteiger partial charge in [0.2, 0.25) is 5.91 Å². The Morgan fingerprint density at radius 2 is 1.47 bits per heavy atom. The molecule has 1 atom stereocenters. The highest BCUT2D eigenvalue weighted by Gasteiger charge is 2.36. The molecule has 0 heterocycles. The second kappa shape index (κ2) is 11.2. The first-order valence-corrected chi connectivity index (χ1v) is 11.2. The fourth-order valence-electron chi connectivity index (χ4n) is 3.60. The van der Waals surface area contributed by atoms with Crippen molar-refractivity contribution >= 4 is 17.4 Å². The largest absolute Gasteiger partial charge is 0.373 e. The molecule has 2 rings (SSSR count). The van der Waals surface area contributed by atoms with Gasteiger partial charge >= 0.3 is 0 Å². The number of Topliss-reactive ketones (excluding diaryl/α,β-unsaturated/α-hetero) is 1. The van der Waals surface area contributed by atoms with Crippen molar-refractivity contribution in [3.63, 3.8) is 0 Å². The number of carbonyl (C=O) groups is 2. The molecule has 0 bridgehead atoms. The fourth-order valence-corrected chi connectivity index (χ4v) is 3.60. The quantitative estimate of drug-likeness (QED) is 0.547. The van der Waals surface area contributed by atoms with Gasteiger partial charge in [0.1, 0.15) is 0 Å². The summed E-state index contributed by atoms with van der Waals surface area (Å²) in [5.41, 5.74) is 8.73. The Morgan fingerprint density at radius 1 is 0.906 bits per heavy atom. The fraction of sp³-hybridized carbons (Fsp3) is 0.462. The van der Waals surface area contributed by atoms with E-state index in [2.05, 4.69) is 4.90 Å². The van der Waals surface area contributed by atoms with E-state index in [1.54, 1.807) is 4.90 Å². The van der Waals surface area contributed by atoms with E-state index in [9.17, 15) is 9.59 Å². The van der Waals surface area contributed by atoms with E-state index in [0.29, 0.717) is 31.5 Å². The van der Waals surface area contributed by atoms with Crippen molar-refractivity contribution in [1.82, 2.24) is 9.80 Å². The number of benzene rings is 2. The highest BCUT2D eigenvalue weighted by Crippen LogP contribution is 2.25. The SMILES string of the molecule is CCN(C)C(=O)Cc1ccc(CC(C)(C(=O)c2ccc(N(C)CCN)cc2)N(C)C)cc1. The molecular formula is C26H38N4O2. The Hall–Kier alpha value is -2.70. The smallest absolute Gasteiger partial charge is 0.226 e. The lowest BCUT2D eigenvalue weighted by molar-refractivity contribution is -0.128. The normalized spacial score (nSPS) is 13.0. The van der Waals surface area contributed by atoms with Gasteiger partial charge in [0, 0.05) is 45.0 Å². The predicted octanol–water partition coefficient (Wildman–Crippen LogP) is 2.85. The van der Waals surface area contributed by atoms with E-state index in [-0.39, 0.29) is 11.7 Å². The molecule has 1 unspecified atom stereocenters. The van der Waals surface area contributed by atoms with Crippen LogP contribution in [-0.4, -0.2) is 74.9 Å². The van der Waals surface area contributed by atoms with Gasteiger partial charge in [0.05, 0.1) is 12.0 Å². The average molecular weight is 439 g/mol. The Labute approximate surface area is 193 Å². The summed E-state index contributed by atoms with van der Waals surface area (Å²) in [5.74, 6) is 0.188. The van der Waals surface area contributed by atoms with Crippen LogP contribution in [0.15, 0.2) is 48.5 Å². The van der Waals surface area contributed by atoms with Gasteiger partial charge in [0.25, 0.3) is 0 Å². The van der Waals surface area contributed by atoms with Crippen LogP contribution < -0.4 is 10.6 Å². The molecule has 2 aromatic carbocycles. The molecule has 32 heavy (non-hydrogen) atoms. The minimum Gasteiger partial charge on any atom is -0.373 e. The van der Waals surface area contributed by atoms with Crippen LogP contribution in [0.1, 0.15) is 35.3 Å². The number of ketones is 1. The van der Waals surface area contributed by atoms with Crippen molar-refractivity contribution in [3.8, 4) is 0 Å². The van der Waals surface area contributed by atoms with Gasteiger partial charge in [-0.2, -0.15) is 0 Å². The number of likely N-dealkylation sites (N-methyl/N-ethyl adjacent to an activating group) is 3. The maximum absolute atomic E-state index is 13.5. The van der Waals surface area contributed by atoms with E-state index >= 15 is 0 Å². The van der Waals surface area contributed by atoms with Crippen LogP contribution in [0.5, 0.6) is 0 Å². The number of hydrogen-bond donors (Lipinski definition) is 1. The summed E-state index contributed by atoms with van der Waals surface area (Å²) < 4.78 is 0. The van der Waals surface area contributed by atoms with Crippen LogP contribution in [-0.2, 0) is 17.6 Å². The van der Waals surface area contributed by atoms with E-state index in [1.165, 1.54) is 0 Å². The summed E-state index contributed by atoms with van der Waals surface area (Å²) in [4.78, 5) is 31.4. The molecule has 2 N–H and O–H groups in total. The molecule has 6 heteroatoms. The molecule has 0 saturated heterocycles. The molecule has 0 spiro atoms. The van der Waals surface area contributed by atoms with Gasteiger partial charge in [-0.3, -0.25) is 14.5 Å². The Kier molecular flexibility index (Phi) is 8.99. The van der Waals surface area contributed by atoms with Gasteiger partial charge in [-0.05, 0) is 69.8 Å². The average Bonchev–Trinajstić information content (AvgIpc) is 2.79. The molecule has 1 amide bonds. The lowest BCUT2D eigenvalue weighted by atomic mass is 9.83.